The summed E-state index contributed by atoms with van der Waals surface area (Å²) < 4.78 is 0. The molecule has 0 amide bonds. The molecule has 0 bridgehead atoms. The fourth-order valence-electron chi connectivity index (χ4n) is 1.23. The first-order chi connectivity index (χ1) is 7.10. The van der Waals surface area contributed by atoms with E-state index in [2.05, 4.69) is 36.0 Å². The highest BCUT2D eigenvalue weighted by molar-refractivity contribution is 4.89. The summed E-state index contributed by atoms with van der Waals surface area (Å²) in [5, 5.41) is 13.6. The molecule has 1 aliphatic rings. The van der Waals surface area contributed by atoms with E-state index in [1.807, 2.05) is 0 Å². The Morgan fingerprint density at radius 3 is 2.33 bits per heavy atom. The minimum atomic E-state index is -1.50. The van der Waals surface area contributed by atoms with Crippen molar-refractivity contribution in [1.82, 2.24) is 9.80 Å². The van der Waals surface area contributed by atoms with Gasteiger partial charge in [-0.25, -0.2) is 0 Å². The SMILES string of the molecule is CCCCN1C=CN(CC)C1.O=[N+]([O-])O. The van der Waals surface area contributed by atoms with E-state index in [4.69, 9.17) is 15.3 Å². The molecular formula is C9H19N3O3. The Bertz CT molecular complexity index is 205. The lowest BCUT2D eigenvalue weighted by molar-refractivity contribution is -0.742. The normalized spacial score (nSPS) is 13.7. The third-order valence-electron chi connectivity index (χ3n) is 2.06. The molecule has 0 saturated heterocycles. The molecule has 0 radical (unpaired) electrons. The Kier molecular flexibility index (Phi) is 7.13. The zero-order valence-corrected chi connectivity index (χ0v) is 9.30. The first-order valence-electron chi connectivity index (χ1n) is 5.09. The molecule has 1 aliphatic heterocycles. The van der Waals surface area contributed by atoms with Crippen molar-refractivity contribution in [2.45, 2.75) is 26.7 Å². The van der Waals surface area contributed by atoms with Crippen molar-refractivity contribution < 1.29 is 10.3 Å². The monoisotopic (exact) mass is 217 g/mol. The van der Waals surface area contributed by atoms with Crippen LogP contribution < -0.4 is 0 Å². The first-order valence-corrected chi connectivity index (χ1v) is 5.09. The predicted molar refractivity (Wildman–Crippen MR) is 56.8 cm³/mol. The van der Waals surface area contributed by atoms with Crippen molar-refractivity contribution in [2.24, 2.45) is 0 Å². The standard InChI is InChI=1S/C9H18N2.HNO3/c1-3-5-6-11-8-7-10(4-2)9-11;2-1(3)4/h7-8H,3-6,9H2,1-2H3;(H,2,3,4). The number of nitrogens with zero attached hydrogens (tertiary/aromatic N) is 3. The van der Waals surface area contributed by atoms with Crippen LogP contribution in [0.5, 0.6) is 0 Å². The summed E-state index contributed by atoms with van der Waals surface area (Å²) in [6, 6.07) is 0. The Balaban J connectivity index is 0.000000423. The van der Waals surface area contributed by atoms with E-state index in [0.717, 1.165) is 13.2 Å². The Morgan fingerprint density at radius 2 is 1.93 bits per heavy atom. The summed E-state index contributed by atoms with van der Waals surface area (Å²) in [6.45, 7) is 7.85. The molecule has 0 unspecified atom stereocenters. The highest BCUT2D eigenvalue weighted by atomic mass is 16.9. The molecule has 0 spiro atoms. The van der Waals surface area contributed by atoms with Crippen LogP contribution in [0.3, 0.4) is 0 Å². The first kappa shape index (κ1) is 13.5. The predicted octanol–water partition coefficient (Wildman–Crippen LogP) is 1.50. The van der Waals surface area contributed by atoms with Gasteiger partial charge in [-0.05, 0) is 13.3 Å². The molecule has 1 rings (SSSR count). The lowest BCUT2D eigenvalue weighted by atomic mass is 10.3. The summed E-state index contributed by atoms with van der Waals surface area (Å²) >= 11 is 0. The Morgan fingerprint density at radius 1 is 1.40 bits per heavy atom. The van der Waals surface area contributed by atoms with Crippen LogP contribution in [0.4, 0.5) is 0 Å². The summed E-state index contributed by atoms with van der Waals surface area (Å²) in [6.07, 6.45) is 6.97. The van der Waals surface area contributed by atoms with Gasteiger partial charge in [-0.1, -0.05) is 13.3 Å². The molecule has 0 fully saturated rings. The van der Waals surface area contributed by atoms with Crippen molar-refractivity contribution >= 4 is 0 Å². The minimum Gasteiger partial charge on any atom is -0.359 e. The van der Waals surface area contributed by atoms with Crippen LogP contribution in [0, 0.1) is 10.1 Å². The van der Waals surface area contributed by atoms with Crippen molar-refractivity contribution in [3.05, 3.63) is 22.5 Å². The number of hydrogen-bond acceptors (Lipinski definition) is 4. The second kappa shape index (κ2) is 7.90. The lowest BCUT2D eigenvalue weighted by Crippen LogP contribution is -2.25. The van der Waals surface area contributed by atoms with E-state index >= 15 is 0 Å². The van der Waals surface area contributed by atoms with Crippen LogP contribution in [0.25, 0.3) is 0 Å². The molecule has 0 aliphatic carbocycles. The second-order valence-corrected chi connectivity index (χ2v) is 3.25. The van der Waals surface area contributed by atoms with E-state index in [1.165, 1.54) is 19.4 Å². The summed E-state index contributed by atoms with van der Waals surface area (Å²) in [5.74, 6) is 0. The van der Waals surface area contributed by atoms with Crippen LogP contribution >= 0.6 is 0 Å². The average Bonchev–Trinajstić information content (AvgIpc) is 2.61. The van der Waals surface area contributed by atoms with Gasteiger partial charge in [0.2, 0.25) is 0 Å². The molecular weight excluding hydrogens is 198 g/mol. The molecule has 0 aromatic carbocycles. The maximum Gasteiger partial charge on any atom is 0.291 e. The van der Waals surface area contributed by atoms with Crippen LogP contribution in [-0.4, -0.2) is 39.9 Å². The molecule has 1 N–H and O–H groups in total. The number of hydrogen-bond donors (Lipinski definition) is 1. The largest absolute Gasteiger partial charge is 0.359 e. The molecule has 1 heterocycles. The third kappa shape index (κ3) is 7.60. The third-order valence-corrected chi connectivity index (χ3v) is 2.06. The smallest absolute Gasteiger partial charge is 0.291 e. The zero-order valence-electron chi connectivity index (χ0n) is 9.30. The topological polar surface area (TPSA) is 69.9 Å². The van der Waals surface area contributed by atoms with Gasteiger partial charge in [-0.2, -0.15) is 0 Å². The fourth-order valence-corrected chi connectivity index (χ4v) is 1.23. The van der Waals surface area contributed by atoms with Crippen molar-refractivity contribution in [1.29, 1.82) is 0 Å². The second-order valence-electron chi connectivity index (χ2n) is 3.25. The number of unbranched alkanes of at least 4 members (excludes halogenated alkanes) is 1. The van der Waals surface area contributed by atoms with Crippen molar-refractivity contribution in [3.8, 4) is 0 Å². The van der Waals surface area contributed by atoms with E-state index in [1.54, 1.807) is 0 Å². The molecule has 15 heavy (non-hydrogen) atoms. The zero-order chi connectivity index (χ0) is 11.7. The van der Waals surface area contributed by atoms with Gasteiger partial charge in [0.15, 0.2) is 0 Å². The highest BCUT2D eigenvalue weighted by Gasteiger charge is 2.08. The molecule has 0 aromatic heterocycles. The van der Waals surface area contributed by atoms with E-state index in [0.29, 0.717) is 0 Å². The van der Waals surface area contributed by atoms with Gasteiger partial charge in [-0.3, -0.25) is 0 Å². The van der Waals surface area contributed by atoms with Crippen molar-refractivity contribution in [2.75, 3.05) is 19.8 Å². The summed E-state index contributed by atoms with van der Waals surface area (Å²) in [5.41, 5.74) is 0. The van der Waals surface area contributed by atoms with Gasteiger partial charge in [0.05, 0.1) is 6.67 Å². The molecule has 6 heteroatoms. The maximum atomic E-state index is 8.36. The summed E-state index contributed by atoms with van der Waals surface area (Å²) in [4.78, 5) is 13.0. The Hall–Kier alpha value is -1.46. The van der Waals surface area contributed by atoms with Gasteiger partial charge in [0.25, 0.3) is 5.09 Å². The van der Waals surface area contributed by atoms with Gasteiger partial charge in [0.1, 0.15) is 0 Å². The lowest BCUT2D eigenvalue weighted by Gasteiger charge is -2.19. The van der Waals surface area contributed by atoms with E-state index in [-0.39, 0.29) is 0 Å². The van der Waals surface area contributed by atoms with Crippen LogP contribution in [0.2, 0.25) is 0 Å². The van der Waals surface area contributed by atoms with Crippen LogP contribution in [0.15, 0.2) is 12.4 Å². The highest BCUT2D eigenvalue weighted by Crippen LogP contribution is 2.06. The van der Waals surface area contributed by atoms with E-state index < -0.39 is 5.09 Å². The average molecular weight is 217 g/mol. The summed E-state index contributed by atoms with van der Waals surface area (Å²) in [7, 11) is 0. The quantitative estimate of drug-likeness (QED) is 0.571. The molecule has 6 nitrogen and oxygen atoms in total. The maximum absolute atomic E-state index is 8.36. The van der Waals surface area contributed by atoms with E-state index in [9.17, 15) is 0 Å². The molecule has 0 aromatic rings. The molecule has 88 valence electrons. The minimum absolute atomic E-state index is 1.09. The van der Waals surface area contributed by atoms with Crippen molar-refractivity contribution in [3.63, 3.8) is 0 Å². The van der Waals surface area contributed by atoms with Gasteiger partial charge < -0.3 is 15.0 Å². The van der Waals surface area contributed by atoms with Gasteiger partial charge in [-0.15, -0.1) is 10.1 Å². The fraction of sp³-hybridized carbons (Fsp3) is 0.778. The van der Waals surface area contributed by atoms with Crippen LogP contribution in [-0.2, 0) is 0 Å². The Labute approximate surface area is 89.9 Å². The van der Waals surface area contributed by atoms with Gasteiger partial charge in [0, 0.05) is 25.5 Å². The molecule has 0 atom stereocenters. The molecule has 0 saturated carbocycles. The van der Waals surface area contributed by atoms with Gasteiger partial charge >= 0.3 is 0 Å². The van der Waals surface area contributed by atoms with Crippen LogP contribution in [0.1, 0.15) is 26.7 Å². The number of rotatable bonds is 4.